The number of rotatable bonds is 5. The largest absolute Gasteiger partial charge is 0.496 e. The Morgan fingerprint density at radius 3 is 2.54 bits per heavy atom. The maximum atomic E-state index is 12.6. The van der Waals surface area contributed by atoms with E-state index in [1.165, 1.54) is 0 Å². The fourth-order valence-electron chi connectivity index (χ4n) is 3.04. The summed E-state index contributed by atoms with van der Waals surface area (Å²) in [7, 11) is 3.79. The molecule has 4 nitrogen and oxygen atoms in total. The van der Waals surface area contributed by atoms with E-state index >= 15 is 0 Å². The second-order valence-corrected chi connectivity index (χ2v) is 6.28. The molecule has 0 unspecified atom stereocenters. The van der Waals surface area contributed by atoms with Crippen molar-refractivity contribution in [1.29, 1.82) is 0 Å². The average Bonchev–Trinajstić information content (AvgIpc) is 2.63. The van der Waals surface area contributed by atoms with Gasteiger partial charge in [0, 0.05) is 37.3 Å². The summed E-state index contributed by atoms with van der Waals surface area (Å²) in [6.45, 7) is 4.44. The maximum Gasteiger partial charge on any atom is 0.176 e. The molecule has 0 aliphatic carbocycles. The Morgan fingerprint density at radius 1 is 1.04 bits per heavy atom. The fraction of sp³-hybridized carbons (Fsp3) is 0.350. The molecule has 126 valence electrons. The standard InChI is InChI=1S/C20H24N2O2/c1-21-10-12-22(13-11-21)15-19(23)17-7-5-6-16(14-17)18-8-3-4-9-20(18)24-2/h3-9,14H,10-13,15H2,1-2H3. The summed E-state index contributed by atoms with van der Waals surface area (Å²) in [6, 6.07) is 15.7. The lowest BCUT2D eigenvalue weighted by molar-refractivity contribution is 0.0876. The van der Waals surface area contributed by atoms with Gasteiger partial charge in [0.25, 0.3) is 0 Å². The number of Topliss-reactive ketones (excluding diaryl/α,β-unsaturated/α-hetero) is 1. The number of benzene rings is 2. The maximum absolute atomic E-state index is 12.6. The van der Waals surface area contributed by atoms with Crippen LogP contribution in [0.15, 0.2) is 48.5 Å². The summed E-state index contributed by atoms with van der Waals surface area (Å²) in [5.41, 5.74) is 2.78. The summed E-state index contributed by atoms with van der Waals surface area (Å²) in [5.74, 6) is 0.998. The molecule has 0 atom stereocenters. The summed E-state index contributed by atoms with van der Waals surface area (Å²) in [5, 5.41) is 0. The van der Waals surface area contributed by atoms with Crippen LogP contribution in [0.4, 0.5) is 0 Å². The van der Waals surface area contributed by atoms with Crippen LogP contribution >= 0.6 is 0 Å². The number of para-hydroxylation sites is 1. The number of hydrogen-bond donors (Lipinski definition) is 0. The lowest BCUT2D eigenvalue weighted by atomic mass is 10.0. The van der Waals surface area contributed by atoms with Crippen molar-refractivity contribution >= 4 is 5.78 Å². The molecular formula is C20H24N2O2. The number of ketones is 1. The second kappa shape index (κ2) is 7.60. The number of nitrogens with zero attached hydrogens (tertiary/aromatic N) is 2. The molecule has 0 aromatic heterocycles. The van der Waals surface area contributed by atoms with Gasteiger partial charge in [0.05, 0.1) is 13.7 Å². The Morgan fingerprint density at radius 2 is 1.79 bits per heavy atom. The number of hydrogen-bond acceptors (Lipinski definition) is 4. The highest BCUT2D eigenvalue weighted by molar-refractivity contribution is 5.98. The Kier molecular flexibility index (Phi) is 5.28. The number of likely N-dealkylation sites (N-methyl/N-ethyl adjacent to an activating group) is 1. The van der Waals surface area contributed by atoms with Crippen LogP contribution in [0.25, 0.3) is 11.1 Å². The van der Waals surface area contributed by atoms with Crippen LogP contribution in [0.2, 0.25) is 0 Å². The molecule has 1 saturated heterocycles. The first-order valence-electron chi connectivity index (χ1n) is 8.35. The summed E-state index contributed by atoms with van der Waals surface area (Å²) in [4.78, 5) is 17.2. The van der Waals surface area contributed by atoms with E-state index < -0.39 is 0 Å². The first kappa shape index (κ1) is 16.7. The molecule has 24 heavy (non-hydrogen) atoms. The van der Waals surface area contributed by atoms with Crippen molar-refractivity contribution < 1.29 is 9.53 Å². The molecular weight excluding hydrogens is 300 g/mol. The van der Waals surface area contributed by atoms with Gasteiger partial charge >= 0.3 is 0 Å². The van der Waals surface area contributed by atoms with Crippen LogP contribution in [-0.4, -0.2) is 62.5 Å². The van der Waals surface area contributed by atoms with Crippen LogP contribution < -0.4 is 4.74 Å². The van der Waals surface area contributed by atoms with E-state index in [1.54, 1.807) is 7.11 Å². The first-order valence-corrected chi connectivity index (χ1v) is 8.35. The van der Waals surface area contributed by atoms with Crippen molar-refractivity contribution in [2.75, 3.05) is 46.9 Å². The van der Waals surface area contributed by atoms with Crippen LogP contribution in [0.3, 0.4) is 0 Å². The van der Waals surface area contributed by atoms with E-state index in [9.17, 15) is 4.79 Å². The van der Waals surface area contributed by atoms with Crippen molar-refractivity contribution in [2.45, 2.75) is 0 Å². The quantitative estimate of drug-likeness (QED) is 0.792. The average molecular weight is 324 g/mol. The van der Waals surface area contributed by atoms with Gasteiger partial charge < -0.3 is 9.64 Å². The highest BCUT2D eigenvalue weighted by Gasteiger charge is 2.18. The SMILES string of the molecule is COc1ccccc1-c1cccc(C(=O)CN2CCN(C)CC2)c1. The number of carbonyl (C=O) groups is 1. The van der Waals surface area contributed by atoms with Crippen molar-refractivity contribution in [3.05, 3.63) is 54.1 Å². The lowest BCUT2D eigenvalue weighted by Gasteiger charge is -2.31. The van der Waals surface area contributed by atoms with E-state index in [0.29, 0.717) is 6.54 Å². The predicted octanol–water partition coefficient (Wildman–Crippen LogP) is 2.79. The molecule has 0 spiro atoms. The molecule has 0 amide bonds. The van der Waals surface area contributed by atoms with Gasteiger partial charge in [-0.05, 0) is 24.7 Å². The van der Waals surface area contributed by atoms with Crippen LogP contribution in [0.5, 0.6) is 5.75 Å². The zero-order valence-corrected chi connectivity index (χ0v) is 14.4. The zero-order chi connectivity index (χ0) is 16.9. The molecule has 1 aliphatic heterocycles. The molecule has 0 radical (unpaired) electrons. The zero-order valence-electron chi connectivity index (χ0n) is 14.4. The van der Waals surface area contributed by atoms with Gasteiger partial charge in [-0.1, -0.05) is 36.4 Å². The van der Waals surface area contributed by atoms with Crippen LogP contribution in [0, 0.1) is 0 Å². The highest BCUT2D eigenvalue weighted by atomic mass is 16.5. The Balaban J connectivity index is 1.76. The van der Waals surface area contributed by atoms with Crippen molar-refractivity contribution in [1.82, 2.24) is 9.80 Å². The van der Waals surface area contributed by atoms with Gasteiger partial charge in [0.15, 0.2) is 5.78 Å². The van der Waals surface area contributed by atoms with Crippen molar-refractivity contribution in [2.24, 2.45) is 0 Å². The van der Waals surface area contributed by atoms with Gasteiger partial charge in [-0.15, -0.1) is 0 Å². The molecule has 0 N–H and O–H groups in total. The first-order chi connectivity index (χ1) is 11.7. The third kappa shape index (κ3) is 3.83. The third-order valence-corrected chi connectivity index (χ3v) is 4.57. The number of ether oxygens (including phenoxy) is 1. The summed E-state index contributed by atoms with van der Waals surface area (Å²) < 4.78 is 5.43. The van der Waals surface area contributed by atoms with E-state index in [4.69, 9.17) is 4.74 Å². The van der Waals surface area contributed by atoms with Gasteiger partial charge in [0.2, 0.25) is 0 Å². The summed E-state index contributed by atoms with van der Waals surface area (Å²) in [6.07, 6.45) is 0. The van der Waals surface area contributed by atoms with E-state index in [-0.39, 0.29) is 5.78 Å². The Bertz CT molecular complexity index is 706. The van der Waals surface area contributed by atoms with Crippen molar-refractivity contribution in [3.8, 4) is 16.9 Å². The normalized spacial score (nSPS) is 16.1. The van der Waals surface area contributed by atoms with E-state index in [0.717, 1.165) is 48.6 Å². The summed E-state index contributed by atoms with van der Waals surface area (Å²) >= 11 is 0. The highest BCUT2D eigenvalue weighted by Crippen LogP contribution is 2.30. The molecule has 3 rings (SSSR count). The minimum atomic E-state index is 0.177. The monoisotopic (exact) mass is 324 g/mol. The molecule has 2 aromatic rings. The molecule has 1 heterocycles. The molecule has 0 saturated carbocycles. The fourth-order valence-corrected chi connectivity index (χ4v) is 3.04. The predicted molar refractivity (Wildman–Crippen MR) is 96.7 cm³/mol. The Labute approximate surface area is 143 Å². The molecule has 1 fully saturated rings. The molecule has 4 heteroatoms. The van der Waals surface area contributed by atoms with Crippen LogP contribution in [-0.2, 0) is 0 Å². The molecule has 2 aromatic carbocycles. The van der Waals surface area contributed by atoms with Crippen LogP contribution in [0.1, 0.15) is 10.4 Å². The Hall–Kier alpha value is -2.17. The third-order valence-electron chi connectivity index (χ3n) is 4.57. The minimum Gasteiger partial charge on any atom is -0.496 e. The smallest absolute Gasteiger partial charge is 0.176 e. The van der Waals surface area contributed by atoms with Crippen molar-refractivity contribution in [3.63, 3.8) is 0 Å². The lowest BCUT2D eigenvalue weighted by Crippen LogP contribution is -2.46. The van der Waals surface area contributed by atoms with Gasteiger partial charge in [0.1, 0.15) is 5.75 Å². The second-order valence-electron chi connectivity index (χ2n) is 6.28. The minimum absolute atomic E-state index is 0.177. The topological polar surface area (TPSA) is 32.8 Å². The molecule has 1 aliphatic rings. The number of methoxy groups -OCH3 is 1. The molecule has 0 bridgehead atoms. The van der Waals surface area contributed by atoms with E-state index in [2.05, 4.69) is 16.8 Å². The van der Waals surface area contributed by atoms with Gasteiger partial charge in [-0.2, -0.15) is 0 Å². The van der Waals surface area contributed by atoms with E-state index in [1.807, 2.05) is 48.5 Å². The van der Waals surface area contributed by atoms with Gasteiger partial charge in [-0.3, -0.25) is 9.69 Å². The number of carbonyl (C=O) groups excluding carboxylic acids is 1. The van der Waals surface area contributed by atoms with Gasteiger partial charge in [-0.25, -0.2) is 0 Å². The number of piperazine rings is 1.